The number of nitrogens with zero attached hydrogens (tertiary/aromatic N) is 1. The number of morpholine rings is 1. The van der Waals surface area contributed by atoms with Crippen LogP contribution in [0.25, 0.3) is 0 Å². The monoisotopic (exact) mass is 329 g/mol. The summed E-state index contributed by atoms with van der Waals surface area (Å²) in [6.45, 7) is 1.47. The average Bonchev–Trinajstić information content (AvgIpc) is 2.42. The number of hydrogen-bond donors (Lipinski definition) is 2. The number of carbonyl (C=O) groups is 1. The number of carbonyl (C=O) groups excluding carboxylic acids is 1. The van der Waals surface area contributed by atoms with Gasteiger partial charge in [0, 0.05) is 23.2 Å². The first-order valence-electron chi connectivity index (χ1n) is 5.64. The predicted octanol–water partition coefficient (Wildman–Crippen LogP) is 1.28. The van der Waals surface area contributed by atoms with Crippen molar-refractivity contribution in [2.45, 2.75) is 6.04 Å². The second kappa shape index (κ2) is 6.09. The zero-order chi connectivity index (χ0) is 13.8. The van der Waals surface area contributed by atoms with Crippen molar-refractivity contribution in [2.75, 3.05) is 25.1 Å². The first kappa shape index (κ1) is 13.9. The molecule has 0 saturated carbocycles. The van der Waals surface area contributed by atoms with Crippen LogP contribution in [-0.2, 0) is 9.53 Å². The Balaban J connectivity index is 2.11. The Morgan fingerprint density at radius 1 is 1.58 bits per heavy atom. The lowest BCUT2D eigenvalue weighted by atomic mass is 10.2. The SMILES string of the molecule is O=C(Nc1cc([N+](=O)[O-])ccc1Br)C1COCCN1. The second-order valence-corrected chi connectivity index (χ2v) is 4.85. The van der Waals surface area contributed by atoms with Gasteiger partial charge >= 0.3 is 0 Å². The number of non-ortho nitro benzene ring substituents is 1. The number of halogens is 1. The van der Waals surface area contributed by atoms with E-state index in [1.807, 2.05) is 0 Å². The third-order valence-electron chi connectivity index (χ3n) is 2.66. The van der Waals surface area contributed by atoms with Crippen LogP contribution in [0.1, 0.15) is 0 Å². The van der Waals surface area contributed by atoms with Gasteiger partial charge in [0.15, 0.2) is 0 Å². The fourth-order valence-electron chi connectivity index (χ4n) is 1.68. The van der Waals surface area contributed by atoms with Gasteiger partial charge in [-0.1, -0.05) is 0 Å². The van der Waals surface area contributed by atoms with E-state index in [0.717, 1.165) is 0 Å². The summed E-state index contributed by atoms with van der Waals surface area (Å²) in [5.74, 6) is -0.277. The summed E-state index contributed by atoms with van der Waals surface area (Å²) in [5.41, 5.74) is 0.290. The second-order valence-electron chi connectivity index (χ2n) is 3.99. The molecule has 2 N–H and O–H groups in total. The third-order valence-corrected chi connectivity index (χ3v) is 3.35. The molecule has 1 fully saturated rings. The number of nitro groups is 1. The minimum Gasteiger partial charge on any atom is -0.378 e. The van der Waals surface area contributed by atoms with Crippen LogP contribution in [0.2, 0.25) is 0 Å². The first-order chi connectivity index (χ1) is 9.08. The molecule has 1 aromatic rings. The molecule has 0 bridgehead atoms. The van der Waals surface area contributed by atoms with Crippen LogP contribution in [0.5, 0.6) is 0 Å². The van der Waals surface area contributed by atoms with Crippen LogP contribution in [0.4, 0.5) is 11.4 Å². The van der Waals surface area contributed by atoms with E-state index in [9.17, 15) is 14.9 Å². The quantitative estimate of drug-likeness (QED) is 0.643. The van der Waals surface area contributed by atoms with Gasteiger partial charge in [-0.2, -0.15) is 0 Å². The fourth-order valence-corrected chi connectivity index (χ4v) is 2.02. The molecule has 19 heavy (non-hydrogen) atoms. The zero-order valence-electron chi connectivity index (χ0n) is 9.89. The summed E-state index contributed by atoms with van der Waals surface area (Å²) in [5, 5.41) is 16.3. The van der Waals surface area contributed by atoms with Gasteiger partial charge in [0.1, 0.15) is 6.04 Å². The van der Waals surface area contributed by atoms with E-state index in [4.69, 9.17) is 4.74 Å². The Morgan fingerprint density at radius 2 is 2.37 bits per heavy atom. The normalized spacial score (nSPS) is 18.9. The summed E-state index contributed by atoms with van der Waals surface area (Å²) < 4.78 is 5.78. The predicted molar refractivity (Wildman–Crippen MR) is 72.0 cm³/mol. The molecule has 0 aromatic heterocycles. The number of amides is 1. The molecule has 2 rings (SSSR count). The lowest BCUT2D eigenvalue weighted by Gasteiger charge is -2.23. The number of anilines is 1. The van der Waals surface area contributed by atoms with Gasteiger partial charge in [0.25, 0.3) is 5.69 Å². The molecule has 1 atom stereocenters. The highest BCUT2D eigenvalue weighted by molar-refractivity contribution is 9.10. The van der Waals surface area contributed by atoms with Gasteiger partial charge in [-0.25, -0.2) is 0 Å². The Labute approximate surface area is 117 Å². The van der Waals surface area contributed by atoms with Crippen molar-refractivity contribution >= 4 is 33.2 Å². The topological polar surface area (TPSA) is 93.5 Å². The molecule has 1 saturated heterocycles. The van der Waals surface area contributed by atoms with Crippen molar-refractivity contribution in [3.63, 3.8) is 0 Å². The van der Waals surface area contributed by atoms with Gasteiger partial charge in [0.2, 0.25) is 5.91 Å². The van der Waals surface area contributed by atoms with Gasteiger partial charge in [-0.15, -0.1) is 0 Å². The highest BCUT2D eigenvalue weighted by atomic mass is 79.9. The van der Waals surface area contributed by atoms with E-state index < -0.39 is 11.0 Å². The van der Waals surface area contributed by atoms with Gasteiger partial charge < -0.3 is 15.4 Å². The summed E-state index contributed by atoms with van der Waals surface area (Å²) in [6.07, 6.45) is 0. The minimum atomic E-state index is -0.510. The molecule has 7 nitrogen and oxygen atoms in total. The van der Waals surface area contributed by atoms with Crippen molar-refractivity contribution in [3.05, 3.63) is 32.8 Å². The van der Waals surface area contributed by atoms with Crippen molar-refractivity contribution in [3.8, 4) is 0 Å². The molecule has 1 unspecified atom stereocenters. The van der Waals surface area contributed by atoms with E-state index in [2.05, 4.69) is 26.6 Å². The first-order valence-corrected chi connectivity index (χ1v) is 6.43. The Morgan fingerprint density at radius 3 is 3.00 bits per heavy atom. The van der Waals surface area contributed by atoms with Crippen molar-refractivity contribution < 1.29 is 14.5 Å². The maximum atomic E-state index is 12.0. The van der Waals surface area contributed by atoms with Crippen LogP contribution in [0.15, 0.2) is 22.7 Å². The number of hydrogen-bond acceptors (Lipinski definition) is 5. The molecule has 1 heterocycles. The fraction of sp³-hybridized carbons (Fsp3) is 0.364. The van der Waals surface area contributed by atoms with E-state index in [0.29, 0.717) is 29.9 Å². The molecular weight excluding hydrogens is 318 g/mol. The number of rotatable bonds is 3. The van der Waals surface area contributed by atoms with Crippen molar-refractivity contribution in [2.24, 2.45) is 0 Å². The summed E-state index contributed by atoms with van der Waals surface area (Å²) >= 11 is 3.24. The molecule has 1 aromatic carbocycles. The molecule has 0 aliphatic carbocycles. The van der Waals surface area contributed by atoms with Crippen LogP contribution in [-0.4, -0.2) is 36.6 Å². The highest BCUT2D eigenvalue weighted by Crippen LogP contribution is 2.27. The maximum Gasteiger partial charge on any atom is 0.271 e. The van der Waals surface area contributed by atoms with Crippen molar-refractivity contribution in [1.82, 2.24) is 5.32 Å². The molecule has 0 spiro atoms. The smallest absolute Gasteiger partial charge is 0.271 e. The summed E-state index contributed by atoms with van der Waals surface area (Å²) in [6, 6.07) is 3.76. The summed E-state index contributed by atoms with van der Waals surface area (Å²) in [7, 11) is 0. The number of nitrogens with one attached hydrogen (secondary N) is 2. The van der Waals surface area contributed by atoms with E-state index in [-0.39, 0.29) is 11.6 Å². The van der Waals surface area contributed by atoms with Gasteiger partial charge in [-0.3, -0.25) is 14.9 Å². The molecule has 0 radical (unpaired) electrons. The highest BCUT2D eigenvalue weighted by Gasteiger charge is 2.22. The summed E-state index contributed by atoms with van der Waals surface area (Å²) in [4.78, 5) is 22.1. The average molecular weight is 330 g/mol. The van der Waals surface area contributed by atoms with Crippen LogP contribution < -0.4 is 10.6 Å². The van der Waals surface area contributed by atoms with Gasteiger partial charge in [0.05, 0.1) is 23.8 Å². The lowest BCUT2D eigenvalue weighted by Crippen LogP contribution is -2.48. The number of ether oxygens (including phenoxy) is 1. The molecule has 1 amide bonds. The number of benzene rings is 1. The Bertz CT molecular complexity index is 503. The molecule has 8 heteroatoms. The minimum absolute atomic E-state index is 0.0775. The van der Waals surface area contributed by atoms with E-state index >= 15 is 0 Å². The van der Waals surface area contributed by atoms with E-state index in [1.54, 1.807) is 0 Å². The number of nitro benzene ring substituents is 1. The lowest BCUT2D eigenvalue weighted by molar-refractivity contribution is -0.384. The standard InChI is InChI=1S/C11H12BrN3O4/c12-8-2-1-7(15(17)18)5-9(8)14-11(16)10-6-19-4-3-13-10/h1-2,5,10,13H,3-4,6H2,(H,14,16). The molecule has 1 aliphatic heterocycles. The Hall–Kier alpha value is -1.51. The van der Waals surface area contributed by atoms with E-state index in [1.165, 1.54) is 18.2 Å². The molecular formula is C11H12BrN3O4. The van der Waals surface area contributed by atoms with Crippen LogP contribution in [0.3, 0.4) is 0 Å². The molecule has 102 valence electrons. The zero-order valence-corrected chi connectivity index (χ0v) is 11.5. The molecule has 1 aliphatic rings. The third kappa shape index (κ3) is 3.49. The van der Waals surface area contributed by atoms with Crippen LogP contribution >= 0.6 is 15.9 Å². The Kier molecular flexibility index (Phi) is 4.46. The van der Waals surface area contributed by atoms with Crippen LogP contribution in [0, 0.1) is 10.1 Å². The largest absolute Gasteiger partial charge is 0.378 e. The van der Waals surface area contributed by atoms with Crippen molar-refractivity contribution in [1.29, 1.82) is 0 Å². The van der Waals surface area contributed by atoms with Gasteiger partial charge in [-0.05, 0) is 22.0 Å². The maximum absolute atomic E-state index is 12.0.